The lowest BCUT2D eigenvalue weighted by molar-refractivity contribution is 0.0923. The number of hydrogen-bond acceptors (Lipinski definition) is 3. The molecule has 1 aromatic carbocycles. The van der Waals surface area contributed by atoms with E-state index in [4.69, 9.17) is 10.5 Å². The van der Waals surface area contributed by atoms with E-state index in [-0.39, 0.29) is 6.04 Å². The first kappa shape index (κ1) is 9.06. The van der Waals surface area contributed by atoms with E-state index in [0.717, 1.165) is 0 Å². The van der Waals surface area contributed by atoms with Gasteiger partial charge in [-0.15, -0.1) is 11.8 Å². The standard InChI is InChI=1S/C10H13NOS/c1-13-8-3-2-7-5-12-6-10(11)9(7)4-8/h2-4,10H,5-6,11H2,1H3. The molecule has 0 saturated carbocycles. The van der Waals surface area contributed by atoms with Gasteiger partial charge in [-0.25, -0.2) is 0 Å². The Balaban J connectivity index is 2.41. The Morgan fingerprint density at radius 1 is 1.54 bits per heavy atom. The molecule has 13 heavy (non-hydrogen) atoms. The minimum absolute atomic E-state index is 0.0517. The maximum atomic E-state index is 5.94. The molecule has 1 aromatic rings. The fourth-order valence-electron chi connectivity index (χ4n) is 1.56. The molecule has 1 atom stereocenters. The third kappa shape index (κ3) is 1.73. The molecule has 1 aliphatic rings. The summed E-state index contributed by atoms with van der Waals surface area (Å²) >= 11 is 1.75. The molecule has 0 amide bonds. The van der Waals surface area contributed by atoms with Gasteiger partial charge < -0.3 is 10.5 Å². The van der Waals surface area contributed by atoms with Crippen LogP contribution in [0.15, 0.2) is 23.1 Å². The van der Waals surface area contributed by atoms with Crippen LogP contribution >= 0.6 is 11.8 Å². The van der Waals surface area contributed by atoms with E-state index < -0.39 is 0 Å². The van der Waals surface area contributed by atoms with E-state index in [1.807, 2.05) is 0 Å². The predicted molar refractivity (Wildman–Crippen MR) is 54.8 cm³/mol. The average molecular weight is 195 g/mol. The number of nitrogens with two attached hydrogens (primary N) is 1. The zero-order valence-electron chi connectivity index (χ0n) is 7.62. The largest absolute Gasteiger partial charge is 0.375 e. The van der Waals surface area contributed by atoms with Gasteiger partial charge in [0.05, 0.1) is 19.3 Å². The monoisotopic (exact) mass is 195 g/mol. The highest BCUT2D eigenvalue weighted by atomic mass is 32.2. The summed E-state index contributed by atoms with van der Waals surface area (Å²) in [5.74, 6) is 0. The molecule has 0 bridgehead atoms. The van der Waals surface area contributed by atoms with Crippen LogP contribution < -0.4 is 5.73 Å². The fourth-order valence-corrected chi connectivity index (χ4v) is 2.01. The summed E-state index contributed by atoms with van der Waals surface area (Å²) in [6.45, 7) is 1.35. The van der Waals surface area contributed by atoms with E-state index in [1.54, 1.807) is 11.8 Å². The van der Waals surface area contributed by atoms with Crippen LogP contribution in [-0.2, 0) is 11.3 Å². The maximum Gasteiger partial charge on any atom is 0.0721 e. The number of benzene rings is 1. The van der Waals surface area contributed by atoms with Gasteiger partial charge in [0.1, 0.15) is 0 Å². The summed E-state index contributed by atoms with van der Waals surface area (Å²) in [7, 11) is 0. The molecule has 1 unspecified atom stereocenters. The Kier molecular flexibility index (Phi) is 2.58. The Bertz CT molecular complexity index is 314. The molecule has 1 heterocycles. The van der Waals surface area contributed by atoms with Gasteiger partial charge in [0.2, 0.25) is 0 Å². The molecule has 0 fully saturated rings. The second-order valence-electron chi connectivity index (χ2n) is 3.19. The summed E-state index contributed by atoms with van der Waals surface area (Å²) in [4.78, 5) is 1.27. The molecule has 2 nitrogen and oxygen atoms in total. The molecule has 0 aromatic heterocycles. The highest BCUT2D eigenvalue weighted by Gasteiger charge is 2.16. The van der Waals surface area contributed by atoms with Gasteiger partial charge in [-0.2, -0.15) is 0 Å². The Labute approximate surface area is 82.5 Å². The highest BCUT2D eigenvalue weighted by Crippen LogP contribution is 2.27. The van der Waals surface area contributed by atoms with E-state index in [9.17, 15) is 0 Å². The first-order valence-electron chi connectivity index (χ1n) is 4.31. The molecule has 70 valence electrons. The van der Waals surface area contributed by atoms with Crippen LogP contribution in [0.4, 0.5) is 0 Å². The van der Waals surface area contributed by atoms with Gasteiger partial charge >= 0.3 is 0 Å². The van der Waals surface area contributed by atoms with E-state index in [0.29, 0.717) is 13.2 Å². The van der Waals surface area contributed by atoms with Gasteiger partial charge in [0.15, 0.2) is 0 Å². The van der Waals surface area contributed by atoms with Gasteiger partial charge in [-0.1, -0.05) is 6.07 Å². The Morgan fingerprint density at radius 3 is 3.15 bits per heavy atom. The van der Waals surface area contributed by atoms with Crippen molar-refractivity contribution in [2.24, 2.45) is 5.73 Å². The lowest BCUT2D eigenvalue weighted by Gasteiger charge is -2.22. The van der Waals surface area contributed by atoms with Crippen molar-refractivity contribution in [1.29, 1.82) is 0 Å². The van der Waals surface area contributed by atoms with Crippen LogP contribution in [0.3, 0.4) is 0 Å². The third-order valence-electron chi connectivity index (χ3n) is 2.31. The third-order valence-corrected chi connectivity index (χ3v) is 3.03. The van der Waals surface area contributed by atoms with Crippen LogP contribution in [0, 0.1) is 0 Å². The van der Waals surface area contributed by atoms with Crippen molar-refractivity contribution in [3.8, 4) is 0 Å². The van der Waals surface area contributed by atoms with E-state index >= 15 is 0 Å². The normalized spacial score (nSPS) is 21.2. The zero-order valence-corrected chi connectivity index (χ0v) is 8.43. The molecule has 1 aliphatic heterocycles. The van der Waals surface area contributed by atoms with Gasteiger partial charge in [0, 0.05) is 4.90 Å². The SMILES string of the molecule is CSc1ccc2c(c1)C(N)COC2. The van der Waals surface area contributed by atoms with E-state index in [1.165, 1.54) is 16.0 Å². The fraction of sp³-hybridized carbons (Fsp3) is 0.400. The summed E-state index contributed by atoms with van der Waals surface area (Å²) in [5.41, 5.74) is 8.42. The summed E-state index contributed by atoms with van der Waals surface area (Å²) in [6.07, 6.45) is 2.08. The molecule has 2 N–H and O–H groups in total. The number of ether oxygens (including phenoxy) is 1. The first-order valence-corrected chi connectivity index (χ1v) is 5.54. The molecular formula is C10H13NOS. The van der Waals surface area contributed by atoms with Gasteiger partial charge in [-0.05, 0) is 29.5 Å². The predicted octanol–water partition coefficient (Wildman–Crippen LogP) is 1.94. The lowest BCUT2D eigenvalue weighted by Crippen LogP contribution is -2.23. The second-order valence-corrected chi connectivity index (χ2v) is 4.07. The maximum absolute atomic E-state index is 5.94. The lowest BCUT2D eigenvalue weighted by atomic mass is 10.00. The molecule has 0 spiro atoms. The first-order chi connectivity index (χ1) is 6.31. The van der Waals surface area contributed by atoms with Crippen molar-refractivity contribution in [3.63, 3.8) is 0 Å². The van der Waals surface area contributed by atoms with Crippen LogP contribution in [0.1, 0.15) is 17.2 Å². The minimum atomic E-state index is 0.0517. The number of hydrogen-bond donors (Lipinski definition) is 1. The number of fused-ring (bicyclic) bond motifs is 1. The molecule has 2 rings (SSSR count). The summed E-state index contributed by atoms with van der Waals surface area (Å²) in [5, 5.41) is 0. The zero-order chi connectivity index (χ0) is 9.26. The minimum Gasteiger partial charge on any atom is -0.375 e. The molecular weight excluding hydrogens is 182 g/mol. The summed E-state index contributed by atoms with van der Waals surface area (Å²) < 4.78 is 5.35. The van der Waals surface area contributed by atoms with Crippen molar-refractivity contribution in [1.82, 2.24) is 0 Å². The van der Waals surface area contributed by atoms with Gasteiger partial charge in [0.25, 0.3) is 0 Å². The van der Waals surface area contributed by atoms with E-state index in [2.05, 4.69) is 24.5 Å². The van der Waals surface area contributed by atoms with Crippen molar-refractivity contribution in [2.45, 2.75) is 17.5 Å². The van der Waals surface area contributed by atoms with Crippen LogP contribution in [0.25, 0.3) is 0 Å². The Hall–Kier alpha value is -0.510. The highest BCUT2D eigenvalue weighted by molar-refractivity contribution is 7.98. The topological polar surface area (TPSA) is 35.2 Å². The summed E-state index contributed by atoms with van der Waals surface area (Å²) in [6, 6.07) is 6.45. The quantitative estimate of drug-likeness (QED) is 0.695. The average Bonchev–Trinajstić information content (AvgIpc) is 2.18. The molecule has 0 aliphatic carbocycles. The van der Waals surface area contributed by atoms with Gasteiger partial charge in [-0.3, -0.25) is 0 Å². The molecule has 0 radical (unpaired) electrons. The number of rotatable bonds is 1. The Morgan fingerprint density at radius 2 is 2.38 bits per heavy atom. The van der Waals surface area contributed by atoms with Crippen LogP contribution in [0.5, 0.6) is 0 Å². The molecule has 0 saturated heterocycles. The smallest absolute Gasteiger partial charge is 0.0721 e. The van der Waals surface area contributed by atoms with Crippen molar-refractivity contribution in [2.75, 3.05) is 12.9 Å². The number of thioether (sulfide) groups is 1. The van der Waals surface area contributed by atoms with Crippen molar-refractivity contribution in [3.05, 3.63) is 29.3 Å². The second kappa shape index (κ2) is 3.70. The van der Waals surface area contributed by atoms with Crippen molar-refractivity contribution < 1.29 is 4.74 Å². The van der Waals surface area contributed by atoms with Crippen LogP contribution in [0.2, 0.25) is 0 Å². The van der Waals surface area contributed by atoms with Crippen molar-refractivity contribution >= 4 is 11.8 Å². The molecule has 3 heteroatoms. The van der Waals surface area contributed by atoms with Crippen LogP contribution in [-0.4, -0.2) is 12.9 Å².